The molecule has 2 aromatic rings. The van der Waals surface area contributed by atoms with E-state index >= 15 is 0 Å². The molecule has 0 atom stereocenters. The monoisotopic (exact) mass is 406 g/mol. The summed E-state index contributed by atoms with van der Waals surface area (Å²) >= 11 is 0. The summed E-state index contributed by atoms with van der Waals surface area (Å²) < 4.78 is 68.9. The Hall–Kier alpha value is -2.50. The molecule has 0 amide bonds. The molecule has 2 aromatic heterocycles. The summed E-state index contributed by atoms with van der Waals surface area (Å²) in [7, 11) is 1.34. The van der Waals surface area contributed by atoms with Crippen molar-refractivity contribution in [3.8, 4) is 0 Å². The van der Waals surface area contributed by atoms with E-state index in [1.165, 1.54) is 7.05 Å². The molecule has 3 rings (SSSR count). The van der Waals surface area contributed by atoms with Crippen molar-refractivity contribution < 1.29 is 26.7 Å². The maximum Gasteiger partial charge on any atom is 0.421 e. The Kier molecular flexibility index (Phi) is 5.68. The molecule has 0 unspecified atom stereocenters. The number of anilines is 3. The molecule has 12 heteroatoms. The predicted octanol–water partition coefficient (Wildman–Crippen LogP) is 3.98. The van der Waals surface area contributed by atoms with Gasteiger partial charge in [-0.15, -0.1) is 0 Å². The van der Waals surface area contributed by atoms with E-state index in [1.807, 2.05) is 0 Å². The van der Waals surface area contributed by atoms with Gasteiger partial charge in [0.15, 0.2) is 0 Å². The highest BCUT2D eigenvalue weighted by Gasteiger charge is 2.35. The van der Waals surface area contributed by atoms with Gasteiger partial charge in [-0.1, -0.05) is 0 Å². The van der Waals surface area contributed by atoms with E-state index < -0.39 is 18.4 Å². The van der Waals surface area contributed by atoms with Gasteiger partial charge >= 0.3 is 12.8 Å². The number of aryl methyl sites for hydroxylation is 1. The average Bonchev–Trinajstić information content (AvgIpc) is 2.92. The van der Waals surface area contributed by atoms with Crippen LogP contribution in [0.1, 0.15) is 30.1 Å². The summed E-state index contributed by atoms with van der Waals surface area (Å²) in [6, 6.07) is 0.0573. The quantitative estimate of drug-likeness (QED) is 0.678. The van der Waals surface area contributed by atoms with Gasteiger partial charge in [0.1, 0.15) is 11.4 Å². The lowest BCUT2D eigenvalue weighted by atomic mass is 9.81. The highest BCUT2D eigenvalue weighted by atomic mass is 19.4. The fraction of sp³-hybridized carbons (Fsp3) is 0.562. The molecule has 1 saturated carbocycles. The molecule has 1 fully saturated rings. The number of hydrogen-bond acceptors (Lipinski definition) is 6. The van der Waals surface area contributed by atoms with Crippen molar-refractivity contribution in [1.29, 1.82) is 0 Å². The lowest BCUT2D eigenvalue weighted by Gasteiger charge is -2.35. The van der Waals surface area contributed by atoms with Crippen LogP contribution in [0, 0.1) is 12.8 Å². The number of rotatable bonds is 7. The van der Waals surface area contributed by atoms with E-state index in [0.717, 1.165) is 0 Å². The molecular formula is C16H19F5N6O. The second kappa shape index (κ2) is 7.86. The first-order valence-corrected chi connectivity index (χ1v) is 8.52. The van der Waals surface area contributed by atoms with Crippen molar-refractivity contribution >= 4 is 17.5 Å². The summed E-state index contributed by atoms with van der Waals surface area (Å²) in [5, 5.41) is 9.65. The first kappa shape index (κ1) is 20.2. The van der Waals surface area contributed by atoms with Crippen LogP contribution in [0.15, 0.2) is 12.4 Å². The second-order valence-corrected chi connectivity index (χ2v) is 6.52. The van der Waals surface area contributed by atoms with Gasteiger partial charge in [0, 0.05) is 19.4 Å². The topological polar surface area (TPSA) is 76.9 Å². The number of hydrogen-bond donors (Lipinski definition) is 2. The Morgan fingerprint density at radius 3 is 2.64 bits per heavy atom. The molecule has 154 valence electrons. The van der Waals surface area contributed by atoms with Crippen LogP contribution in [0.25, 0.3) is 0 Å². The summed E-state index contributed by atoms with van der Waals surface area (Å²) in [6.07, 6.45) is -0.834. The number of nitrogens with one attached hydrogen (secondary N) is 2. The smallest absolute Gasteiger partial charge is 0.372 e. The lowest BCUT2D eigenvalue weighted by molar-refractivity contribution is -0.146. The molecule has 7 nitrogen and oxygen atoms in total. The van der Waals surface area contributed by atoms with Gasteiger partial charge in [0.2, 0.25) is 5.95 Å². The first-order valence-electron chi connectivity index (χ1n) is 8.52. The van der Waals surface area contributed by atoms with E-state index in [0.29, 0.717) is 30.4 Å². The van der Waals surface area contributed by atoms with E-state index in [-0.39, 0.29) is 30.3 Å². The predicted molar refractivity (Wildman–Crippen MR) is 90.5 cm³/mol. The minimum absolute atomic E-state index is 0.00295. The Morgan fingerprint density at radius 2 is 2.04 bits per heavy atom. The number of aromatic nitrogens is 4. The Labute approximate surface area is 157 Å². The minimum atomic E-state index is -4.56. The van der Waals surface area contributed by atoms with Crippen LogP contribution in [0.5, 0.6) is 0 Å². The van der Waals surface area contributed by atoms with Crippen LogP contribution < -0.4 is 10.6 Å². The lowest BCUT2D eigenvalue weighted by Crippen LogP contribution is -2.30. The zero-order valence-electron chi connectivity index (χ0n) is 15.1. The van der Waals surface area contributed by atoms with Gasteiger partial charge in [-0.2, -0.15) is 32.0 Å². The minimum Gasteiger partial charge on any atom is -0.372 e. The van der Waals surface area contributed by atoms with Crippen LogP contribution in [0.3, 0.4) is 0 Å². The number of alkyl halides is 5. The van der Waals surface area contributed by atoms with Gasteiger partial charge in [-0.25, -0.2) is 4.98 Å². The van der Waals surface area contributed by atoms with Crippen LogP contribution in [-0.2, 0) is 10.9 Å². The van der Waals surface area contributed by atoms with Crippen molar-refractivity contribution in [1.82, 2.24) is 19.7 Å². The van der Waals surface area contributed by atoms with Gasteiger partial charge < -0.3 is 15.4 Å². The fourth-order valence-corrected chi connectivity index (χ4v) is 3.01. The average molecular weight is 406 g/mol. The summed E-state index contributed by atoms with van der Waals surface area (Å²) in [5.41, 5.74) is 0.204. The molecule has 0 spiro atoms. The van der Waals surface area contributed by atoms with E-state index in [4.69, 9.17) is 0 Å². The van der Waals surface area contributed by atoms with Crippen molar-refractivity contribution in [2.45, 2.75) is 38.6 Å². The first-order chi connectivity index (χ1) is 13.2. The fourth-order valence-electron chi connectivity index (χ4n) is 3.01. The molecular weight excluding hydrogens is 387 g/mol. The van der Waals surface area contributed by atoms with Crippen molar-refractivity contribution in [2.75, 3.05) is 24.3 Å². The van der Waals surface area contributed by atoms with E-state index in [2.05, 4.69) is 30.4 Å². The van der Waals surface area contributed by atoms with Gasteiger partial charge in [0.25, 0.3) is 0 Å². The number of ether oxygens (including phenoxy) is 1. The third-order valence-electron chi connectivity index (χ3n) is 4.54. The summed E-state index contributed by atoms with van der Waals surface area (Å²) in [4.78, 5) is 7.58. The van der Waals surface area contributed by atoms with Crippen LogP contribution in [0.2, 0.25) is 0 Å². The molecule has 1 aliphatic rings. The maximum absolute atomic E-state index is 12.9. The molecule has 2 heterocycles. The number of nitrogens with zero attached hydrogens (tertiary/aromatic N) is 4. The van der Waals surface area contributed by atoms with Crippen molar-refractivity contribution in [2.24, 2.45) is 5.92 Å². The van der Waals surface area contributed by atoms with Crippen LogP contribution in [0.4, 0.5) is 39.4 Å². The molecule has 0 radical (unpaired) electrons. The zero-order chi connectivity index (χ0) is 20.5. The molecule has 0 saturated heterocycles. The Morgan fingerprint density at radius 1 is 1.32 bits per heavy atom. The van der Waals surface area contributed by atoms with Crippen molar-refractivity contribution in [3.05, 3.63) is 23.7 Å². The zero-order valence-corrected chi connectivity index (χ0v) is 15.1. The Bertz CT molecular complexity index is 818. The second-order valence-electron chi connectivity index (χ2n) is 6.52. The molecule has 0 bridgehead atoms. The van der Waals surface area contributed by atoms with E-state index in [1.54, 1.807) is 17.8 Å². The molecule has 28 heavy (non-hydrogen) atoms. The maximum atomic E-state index is 12.9. The van der Waals surface area contributed by atoms with Crippen LogP contribution >= 0.6 is 0 Å². The third kappa shape index (κ3) is 4.49. The normalized spacial score (nSPS) is 19.6. The van der Waals surface area contributed by atoms with Gasteiger partial charge in [0.05, 0.1) is 24.0 Å². The van der Waals surface area contributed by atoms with E-state index in [9.17, 15) is 22.0 Å². The molecule has 0 aromatic carbocycles. The highest BCUT2D eigenvalue weighted by Crippen LogP contribution is 2.39. The highest BCUT2D eigenvalue weighted by molar-refractivity contribution is 5.57. The van der Waals surface area contributed by atoms with Gasteiger partial charge in [-0.3, -0.25) is 4.68 Å². The summed E-state index contributed by atoms with van der Waals surface area (Å²) in [6.45, 7) is -1.03. The molecule has 0 aliphatic heterocycles. The Balaban J connectivity index is 1.66. The molecule has 2 N–H and O–H groups in total. The van der Waals surface area contributed by atoms with Crippen molar-refractivity contribution in [3.63, 3.8) is 0 Å². The largest absolute Gasteiger partial charge is 0.421 e. The summed E-state index contributed by atoms with van der Waals surface area (Å²) in [5.74, 6) is -0.288. The van der Waals surface area contributed by atoms with Gasteiger partial charge in [-0.05, 0) is 25.7 Å². The SMILES string of the molecule is CNc1nc(Nc2cn([C@H]3C[C@H](COC(F)F)C3)nc2C)ncc1C(F)(F)F. The third-order valence-corrected chi connectivity index (χ3v) is 4.54. The number of halogens is 5. The van der Waals surface area contributed by atoms with Crippen LogP contribution in [-0.4, -0.2) is 40.0 Å². The standard InChI is InChI=1S/C16H19F5N6O/c1-8-12(6-27(26-8)10-3-9(4-10)7-28-14(17)18)24-15-23-5-11(16(19,20)21)13(22-2)25-15/h5-6,9-10,14H,3-4,7H2,1-2H3,(H2,22,23,24,25)/t9-,10-. The molecule has 1 aliphatic carbocycles.